The van der Waals surface area contributed by atoms with Gasteiger partial charge in [0.25, 0.3) is 0 Å². The Balaban J connectivity index is 1.19. The number of nitrogens with one attached hydrogen (secondary N) is 3. The van der Waals surface area contributed by atoms with E-state index in [4.69, 9.17) is 32.9 Å². The molecule has 3 aromatic heterocycles. The predicted octanol–water partition coefficient (Wildman–Crippen LogP) is 6.67. The SMILES string of the molecule is COc1nc(-c2cccc(-c3cccc(Nc4nccc5nccnc45)c3Cl)c2Cl)cc2c1[C@H](NC[C@@H]1CCC(=O)N1)CC2. The number of ether oxygens (including phenoxy) is 1. The van der Waals surface area contributed by atoms with Crippen LogP contribution in [0.4, 0.5) is 11.5 Å². The van der Waals surface area contributed by atoms with E-state index in [1.165, 1.54) is 5.56 Å². The summed E-state index contributed by atoms with van der Waals surface area (Å²) in [6.45, 7) is 0.716. The van der Waals surface area contributed by atoms with Gasteiger partial charge >= 0.3 is 0 Å². The first-order chi connectivity index (χ1) is 21.5. The molecule has 0 spiro atoms. The minimum absolute atomic E-state index is 0.108. The number of nitrogens with zero attached hydrogens (tertiary/aromatic N) is 4. The molecule has 0 radical (unpaired) electrons. The Hall–Kier alpha value is -4.31. The van der Waals surface area contributed by atoms with E-state index in [1.807, 2.05) is 42.5 Å². The summed E-state index contributed by atoms with van der Waals surface area (Å²) in [7, 11) is 1.64. The highest BCUT2D eigenvalue weighted by Crippen LogP contribution is 2.44. The van der Waals surface area contributed by atoms with E-state index in [2.05, 4.69) is 37.0 Å². The Morgan fingerprint density at radius 2 is 1.73 bits per heavy atom. The maximum atomic E-state index is 11.6. The Labute approximate surface area is 264 Å². The van der Waals surface area contributed by atoms with E-state index in [0.717, 1.165) is 52.7 Å². The number of hydrogen-bond acceptors (Lipinski definition) is 8. The van der Waals surface area contributed by atoms with Crippen LogP contribution in [0.1, 0.15) is 36.4 Å². The van der Waals surface area contributed by atoms with Gasteiger partial charge in [-0.25, -0.2) is 15.0 Å². The molecule has 0 unspecified atom stereocenters. The summed E-state index contributed by atoms with van der Waals surface area (Å²) in [5.41, 5.74) is 7.37. The first-order valence-corrected chi connectivity index (χ1v) is 15.3. The van der Waals surface area contributed by atoms with Crippen molar-refractivity contribution in [2.45, 2.75) is 37.8 Å². The molecule has 1 fully saturated rings. The average molecular weight is 627 g/mol. The first kappa shape index (κ1) is 28.5. The molecule has 5 aromatic rings. The van der Waals surface area contributed by atoms with Crippen LogP contribution in [0.25, 0.3) is 33.4 Å². The van der Waals surface area contributed by atoms with Crippen molar-refractivity contribution in [2.24, 2.45) is 0 Å². The van der Waals surface area contributed by atoms with Gasteiger partial charge in [0.05, 0.1) is 34.1 Å². The van der Waals surface area contributed by atoms with Gasteiger partial charge in [-0.3, -0.25) is 9.78 Å². The van der Waals surface area contributed by atoms with Crippen molar-refractivity contribution in [1.82, 2.24) is 30.6 Å². The van der Waals surface area contributed by atoms with Gasteiger partial charge in [-0.1, -0.05) is 53.5 Å². The molecule has 44 heavy (non-hydrogen) atoms. The smallest absolute Gasteiger partial charge is 0.220 e. The number of benzene rings is 2. The van der Waals surface area contributed by atoms with Crippen LogP contribution < -0.4 is 20.7 Å². The third kappa shape index (κ3) is 5.32. The van der Waals surface area contributed by atoms with E-state index < -0.39 is 0 Å². The Morgan fingerprint density at radius 3 is 2.55 bits per heavy atom. The fourth-order valence-electron chi connectivity index (χ4n) is 6.11. The summed E-state index contributed by atoms with van der Waals surface area (Å²) >= 11 is 14.1. The summed E-state index contributed by atoms with van der Waals surface area (Å²) in [6.07, 6.45) is 8.22. The summed E-state index contributed by atoms with van der Waals surface area (Å²) in [4.78, 5) is 29.8. The fraction of sp³-hybridized carbons (Fsp3) is 0.242. The minimum Gasteiger partial charge on any atom is -0.481 e. The van der Waals surface area contributed by atoms with Gasteiger partial charge in [-0.05, 0) is 43.0 Å². The van der Waals surface area contributed by atoms with E-state index >= 15 is 0 Å². The van der Waals surface area contributed by atoms with E-state index in [0.29, 0.717) is 45.9 Å². The number of aryl methyl sites for hydroxylation is 1. The van der Waals surface area contributed by atoms with Gasteiger partial charge in [0.1, 0.15) is 5.52 Å². The van der Waals surface area contributed by atoms with Crippen LogP contribution in [0.5, 0.6) is 5.88 Å². The lowest BCUT2D eigenvalue weighted by Crippen LogP contribution is -2.36. The van der Waals surface area contributed by atoms with Gasteiger partial charge in [0, 0.05) is 65.9 Å². The number of anilines is 2. The molecule has 1 aliphatic carbocycles. The summed E-state index contributed by atoms with van der Waals surface area (Å²) in [5.74, 6) is 1.26. The number of amides is 1. The molecule has 1 aliphatic heterocycles. The zero-order valence-electron chi connectivity index (χ0n) is 23.9. The van der Waals surface area contributed by atoms with Crippen LogP contribution in [0.15, 0.2) is 67.1 Å². The molecular weight excluding hydrogens is 597 g/mol. The Kier molecular flexibility index (Phi) is 7.76. The Morgan fingerprint density at radius 1 is 0.932 bits per heavy atom. The highest BCUT2D eigenvalue weighted by atomic mass is 35.5. The molecular formula is C33H29Cl2N7O2. The van der Waals surface area contributed by atoms with Gasteiger partial charge in [0.2, 0.25) is 11.8 Å². The summed E-state index contributed by atoms with van der Waals surface area (Å²) in [5, 5.41) is 11.0. The van der Waals surface area contributed by atoms with Crippen molar-refractivity contribution < 1.29 is 9.53 Å². The maximum absolute atomic E-state index is 11.6. The van der Waals surface area contributed by atoms with Crippen LogP contribution in [-0.4, -0.2) is 45.5 Å². The topological polar surface area (TPSA) is 114 Å². The van der Waals surface area contributed by atoms with E-state index in [9.17, 15) is 4.79 Å². The van der Waals surface area contributed by atoms with Crippen molar-refractivity contribution in [1.29, 1.82) is 0 Å². The number of carbonyl (C=O) groups is 1. The number of methoxy groups -OCH3 is 1. The maximum Gasteiger partial charge on any atom is 0.220 e. The zero-order chi connectivity index (χ0) is 30.2. The summed E-state index contributed by atoms with van der Waals surface area (Å²) < 4.78 is 5.81. The van der Waals surface area contributed by atoms with Crippen LogP contribution in [-0.2, 0) is 11.2 Å². The number of pyridine rings is 2. The molecule has 0 bridgehead atoms. The van der Waals surface area contributed by atoms with Crippen molar-refractivity contribution in [3.05, 3.63) is 88.3 Å². The molecule has 9 nitrogen and oxygen atoms in total. The second-order valence-corrected chi connectivity index (χ2v) is 11.7. The average Bonchev–Trinajstić information content (AvgIpc) is 3.66. The lowest BCUT2D eigenvalue weighted by Gasteiger charge is -2.20. The number of fused-ring (bicyclic) bond motifs is 2. The molecule has 2 aliphatic rings. The van der Waals surface area contributed by atoms with E-state index in [-0.39, 0.29) is 18.0 Å². The van der Waals surface area contributed by atoms with Crippen LogP contribution >= 0.6 is 23.2 Å². The molecule has 4 heterocycles. The van der Waals surface area contributed by atoms with Gasteiger partial charge in [-0.15, -0.1) is 0 Å². The number of halogens is 2. The van der Waals surface area contributed by atoms with Crippen molar-refractivity contribution in [3.63, 3.8) is 0 Å². The molecule has 222 valence electrons. The van der Waals surface area contributed by atoms with Gasteiger partial charge in [0.15, 0.2) is 5.82 Å². The zero-order valence-corrected chi connectivity index (χ0v) is 25.4. The highest BCUT2D eigenvalue weighted by Gasteiger charge is 2.30. The third-order valence-electron chi connectivity index (χ3n) is 8.25. The quantitative estimate of drug-likeness (QED) is 0.175. The van der Waals surface area contributed by atoms with Crippen LogP contribution in [0.2, 0.25) is 10.0 Å². The molecule has 3 N–H and O–H groups in total. The number of rotatable bonds is 8. The second-order valence-electron chi connectivity index (χ2n) is 10.9. The van der Waals surface area contributed by atoms with Crippen LogP contribution in [0.3, 0.4) is 0 Å². The Bertz CT molecular complexity index is 1900. The molecule has 2 atom stereocenters. The lowest BCUT2D eigenvalue weighted by molar-refractivity contribution is -0.119. The summed E-state index contributed by atoms with van der Waals surface area (Å²) in [6, 6.07) is 15.8. The number of carbonyl (C=O) groups excluding carboxylic acids is 1. The number of hydrogen-bond donors (Lipinski definition) is 3. The number of aromatic nitrogens is 4. The van der Waals surface area contributed by atoms with Crippen molar-refractivity contribution in [3.8, 4) is 28.3 Å². The van der Waals surface area contributed by atoms with Crippen molar-refractivity contribution in [2.75, 3.05) is 19.0 Å². The standard InChI is InChI=1S/C33H29Cl2N7O2/c1-44-33-28-18(8-10-23(28)39-17-19-9-11-27(43)40-19)16-26(42-33)22-6-2-4-20(29(22)34)21-5-3-7-24(30(21)35)41-32-31-25(12-13-38-32)36-14-15-37-31/h2-7,12-16,19,23,39H,8-11,17H2,1H3,(H,38,41)(H,40,43)/t19-,23+/m0/s1. The monoisotopic (exact) mass is 625 g/mol. The molecule has 2 aromatic carbocycles. The fourth-order valence-corrected chi connectivity index (χ4v) is 6.71. The van der Waals surface area contributed by atoms with Gasteiger partial charge < -0.3 is 20.7 Å². The first-order valence-electron chi connectivity index (χ1n) is 14.5. The largest absolute Gasteiger partial charge is 0.481 e. The molecule has 7 rings (SSSR count). The third-order valence-corrected chi connectivity index (χ3v) is 9.07. The lowest BCUT2D eigenvalue weighted by atomic mass is 9.99. The van der Waals surface area contributed by atoms with Crippen molar-refractivity contribution >= 4 is 51.6 Å². The predicted molar refractivity (Wildman–Crippen MR) is 173 cm³/mol. The highest BCUT2D eigenvalue weighted by molar-refractivity contribution is 6.39. The minimum atomic E-state index is 0.108. The second kappa shape index (κ2) is 12.0. The van der Waals surface area contributed by atoms with Gasteiger partial charge in [-0.2, -0.15) is 0 Å². The molecule has 11 heteroatoms. The van der Waals surface area contributed by atoms with Crippen LogP contribution in [0, 0.1) is 0 Å². The van der Waals surface area contributed by atoms with E-state index in [1.54, 1.807) is 25.7 Å². The normalized spacial score (nSPS) is 17.5. The molecule has 1 amide bonds. The molecule has 1 saturated heterocycles. The molecule has 0 saturated carbocycles.